The number of rotatable bonds is 11. The lowest BCUT2D eigenvalue weighted by Crippen LogP contribution is -2.28. The Labute approximate surface area is 298 Å². The van der Waals surface area contributed by atoms with Crippen molar-refractivity contribution >= 4 is 85.2 Å². The molecule has 4 rings (SSSR count). The summed E-state index contributed by atoms with van der Waals surface area (Å²) in [6.45, 7) is 9.18. The number of carbonyl (C=O) groups excluding carboxylic acids is 3. The number of ketones is 1. The van der Waals surface area contributed by atoms with Crippen molar-refractivity contribution in [1.29, 1.82) is 0 Å². The molecule has 0 bridgehead atoms. The molecule has 15 heteroatoms. The molecule has 0 aliphatic rings. The number of amides is 1. The number of halogens is 3. The third kappa shape index (κ3) is 8.80. The van der Waals surface area contributed by atoms with E-state index in [1.165, 1.54) is 63.5 Å². The maximum absolute atomic E-state index is 13.8. The molecule has 0 saturated heterocycles. The smallest absolute Gasteiger partial charge is 0.343 e. The Kier molecular flexibility index (Phi) is 13.3. The molecule has 0 fully saturated rings. The summed E-state index contributed by atoms with van der Waals surface area (Å²) in [5, 5.41) is 2.72. The second-order valence-corrected chi connectivity index (χ2v) is 14.1. The fourth-order valence-corrected chi connectivity index (χ4v) is 7.96. The Balaban J connectivity index is 0.00000307. The first-order valence-electron chi connectivity index (χ1n) is 14.4. The van der Waals surface area contributed by atoms with Crippen molar-refractivity contribution in [2.45, 2.75) is 39.5 Å². The highest BCUT2D eigenvalue weighted by molar-refractivity contribution is 7.93. The van der Waals surface area contributed by atoms with Crippen LogP contribution < -0.4 is 23.8 Å². The molecule has 4 aromatic rings. The van der Waals surface area contributed by atoms with E-state index in [1.807, 2.05) is 20.8 Å². The summed E-state index contributed by atoms with van der Waals surface area (Å²) in [5.74, 6) is -1.18. The van der Waals surface area contributed by atoms with Gasteiger partial charge in [0.05, 0.1) is 40.6 Å². The Morgan fingerprint density at radius 1 is 0.938 bits per heavy atom. The van der Waals surface area contributed by atoms with E-state index >= 15 is 0 Å². The van der Waals surface area contributed by atoms with Gasteiger partial charge in [0.25, 0.3) is 15.9 Å². The van der Waals surface area contributed by atoms with Gasteiger partial charge in [-0.1, -0.05) is 48.7 Å². The van der Waals surface area contributed by atoms with Crippen LogP contribution >= 0.6 is 46.1 Å². The number of benzene rings is 3. The number of methoxy groups -OCH3 is 1. The highest BCUT2D eigenvalue weighted by Gasteiger charge is 2.30. The Hall–Kier alpha value is -3.81. The minimum Gasteiger partial charge on any atom is -0.493 e. The van der Waals surface area contributed by atoms with Gasteiger partial charge in [-0.05, 0) is 57.2 Å². The van der Waals surface area contributed by atoms with Crippen molar-refractivity contribution in [2.24, 2.45) is 0 Å². The van der Waals surface area contributed by atoms with Gasteiger partial charge in [-0.15, -0.1) is 11.3 Å². The number of aryl methyl sites for hydroxylation is 1. The van der Waals surface area contributed by atoms with Crippen LogP contribution in [0.3, 0.4) is 0 Å². The van der Waals surface area contributed by atoms with E-state index in [0.29, 0.717) is 23.0 Å². The zero-order valence-electron chi connectivity index (χ0n) is 27.1. The van der Waals surface area contributed by atoms with Gasteiger partial charge in [0.15, 0.2) is 17.3 Å². The highest BCUT2D eigenvalue weighted by Crippen LogP contribution is 2.36. The Morgan fingerprint density at radius 2 is 1.58 bits per heavy atom. The molecule has 0 saturated carbocycles. The number of anilines is 2. The van der Waals surface area contributed by atoms with Crippen LogP contribution in [-0.4, -0.2) is 46.8 Å². The predicted molar refractivity (Wildman–Crippen MR) is 191 cm³/mol. The largest absolute Gasteiger partial charge is 0.493 e. The maximum Gasteiger partial charge on any atom is 0.343 e. The number of nitrogens with one attached hydrogen (secondary N) is 1. The summed E-state index contributed by atoms with van der Waals surface area (Å²) < 4.78 is 44.8. The fourth-order valence-electron chi connectivity index (χ4n) is 4.33. The monoisotopic (exact) mass is 754 g/mol. The van der Waals surface area contributed by atoms with E-state index in [0.717, 1.165) is 15.6 Å². The van der Waals surface area contributed by atoms with Crippen LogP contribution in [0.5, 0.6) is 17.2 Å². The van der Waals surface area contributed by atoms with Gasteiger partial charge in [0.2, 0.25) is 0 Å². The molecule has 0 aliphatic carbocycles. The molecule has 0 radical (unpaired) electrons. The minimum absolute atomic E-state index is 0.00570. The molecular weight excluding hydrogens is 723 g/mol. The number of sulfonamides is 1. The first-order valence-corrected chi connectivity index (χ1v) is 17.8. The summed E-state index contributed by atoms with van der Waals surface area (Å²) in [6, 6.07) is 12.7. The van der Waals surface area contributed by atoms with Crippen molar-refractivity contribution in [3.05, 3.63) is 90.5 Å². The van der Waals surface area contributed by atoms with Crippen molar-refractivity contribution in [3.8, 4) is 17.2 Å². The Bertz CT molecular complexity index is 1940. The van der Waals surface area contributed by atoms with E-state index in [2.05, 4.69) is 5.32 Å². The molecule has 48 heavy (non-hydrogen) atoms. The zero-order chi connectivity index (χ0) is 35.9. The number of esters is 1. The van der Waals surface area contributed by atoms with Gasteiger partial charge in [0, 0.05) is 40.8 Å². The molecule has 10 nitrogen and oxygen atoms in total. The number of hydrogen-bond donors (Lipinski definition) is 1. The second-order valence-electron chi connectivity index (χ2n) is 9.68. The lowest BCUT2D eigenvalue weighted by atomic mass is 10.1. The second kappa shape index (κ2) is 16.5. The first-order chi connectivity index (χ1) is 22.7. The normalized spacial score (nSPS) is 10.8. The fraction of sp³-hybridized carbons (Fsp3) is 0.242. The lowest BCUT2D eigenvalue weighted by Gasteiger charge is -2.21. The van der Waals surface area contributed by atoms with E-state index in [1.54, 1.807) is 19.1 Å². The molecule has 256 valence electrons. The van der Waals surface area contributed by atoms with Crippen LogP contribution in [0.25, 0.3) is 0 Å². The van der Waals surface area contributed by atoms with Gasteiger partial charge in [-0.3, -0.25) is 13.9 Å². The van der Waals surface area contributed by atoms with Crippen molar-refractivity contribution in [1.82, 2.24) is 0 Å². The third-order valence-corrected chi connectivity index (χ3v) is 10.2. The third-order valence-electron chi connectivity index (χ3n) is 6.45. The highest BCUT2D eigenvalue weighted by atomic mass is 35.5. The van der Waals surface area contributed by atoms with Gasteiger partial charge in [-0.2, -0.15) is 0 Å². The van der Waals surface area contributed by atoms with Crippen LogP contribution in [0.2, 0.25) is 15.1 Å². The minimum atomic E-state index is -4.23. The van der Waals surface area contributed by atoms with Crippen LogP contribution in [-0.2, 0) is 10.0 Å². The van der Waals surface area contributed by atoms with Gasteiger partial charge >= 0.3 is 5.97 Å². The number of ether oxygens (including phenoxy) is 3. The SMILES string of the molecule is CC.CCOc1ccc(N(C)S(=O)(=O)c2cc(C)sc2C(=O)Nc2cc(Cl)cc(C(=O)Oc3cc(Cl)c(C(C)=O)c(Cl)c3)c2)cc1OC. The van der Waals surface area contributed by atoms with Crippen molar-refractivity contribution < 1.29 is 37.0 Å². The molecule has 1 heterocycles. The average Bonchev–Trinajstić information content (AvgIpc) is 3.44. The number of carbonyl (C=O) groups is 3. The lowest BCUT2D eigenvalue weighted by molar-refractivity contribution is 0.0734. The number of hydrogen-bond acceptors (Lipinski definition) is 9. The first kappa shape index (κ1) is 38.6. The summed E-state index contributed by atoms with van der Waals surface area (Å²) in [6.07, 6.45) is 0. The zero-order valence-corrected chi connectivity index (χ0v) is 31.0. The molecule has 3 aromatic carbocycles. The Morgan fingerprint density at radius 3 is 2.17 bits per heavy atom. The summed E-state index contributed by atoms with van der Waals surface area (Å²) in [7, 11) is -1.42. The molecule has 1 amide bonds. The molecular formula is C33H33Cl3N2O8S2. The average molecular weight is 756 g/mol. The topological polar surface area (TPSA) is 128 Å². The molecule has 0 atom stereocenters. The van der Waals surface area contributed by atoms with E-state index < -0.39 is 21.9 Å². The van der Waals surface area contributed by atoms with Crippen LogP contribution in [0.4, 0.5) is 11.4 Å². The standard InChI is InChI=1S/C31H27Cl3N2O8S2.C2H6/c1-6-43-25-8-7-21(13-26(25)42-5)36(4)46(40,41)27-9-16(2)45-29(27)30(38)35-20-11-18(10-19(32)12-20)31(39)44-22-14-23(33)28(17(3)37)24(34)15-22;1-2/h7-15H,6H2,1-5H3,(H,35,38);1-2H3. The predicted octanol–water partition coefficient (Wildman–Crippen LogP) is 8.95. The number of Topliss-reactive ketones (excluding diaryl/α,β-unsaturated/α-hetero) is 1. The van der Waals surface area contributed by atoms with Crippen molar-refractivity contribution in [3.63, 3.8) is 0 Å². The van der Waals surface area contributed by atoms with E-state index in [-0.39, 0.29) is 58.9 Å². The van der Waals surface area contributed by atoms with E-state index in [9.17, 15) is 22.8 Å². The van der Waals surface area contributed by atoms with Crippen molar-refractivity contribution in [2.75, 3.05) is 30.4 Å². The van der Waals surface area contributed by atoms with Gasteiger partial charge < -0.3 is 19.5 Å². The van der Waals surface area contributed by atoms with E-state index in [4.69, 9.17) is 49.0 Å². The summed E-state index contributed by atoms with van der Waals surface area (Å²) in [4.78, 5) is 38.5. The number of thiophene rings is 1. The summed E-state index contributed by atoms with van der Waals surface area (Å²) in [5.41, 5.74) is 0.440. The molecule has 0 unspecified atom stereocenters. The van der Waals surface area contributed by atoms with Gasteiger partial charge in [0.1, 0.15) is 15.5 Å². The quantitative estimate of drug-likeness (QED) is 0.0913. The van der Waals surface area contributed by atoms with Crippen LogP contribution in [0.15, 0.2) is 59.5 Å². The maximum atomic E-state index is 13.8. The molecule has 1 N–H and O–H groups in total. The molecule has 0 spiro atoms. The summed E-state index contributed by atoms with van der Waals surface area (Å²) >= 11 is 19.5. The van der Waals surface area contributed by atoms with Gasteiger partial charge in [-0.25, -0.2) is 13.2 Å². The molecule has 0 aliphatic heterocycles. The number of nitrogens with zero attached hydrogens (tertiary/aromatic N) is 1. The molecule has 1 aromatic heterocycles. The van der Waals surface area contributed by atoms with Crippen LogP contribution in [0.1, 0.15) is 63.0 Å². The van der Waals surface area contributed by atoms with Crippen LogP contribution in [0, 0.1) is 6.92 Å².